The minimum atomic E-state index is 0.0678. The van der Waals surface area contributed by atoms with Gasteiger partial charge < -0.3 is 0 Å². The average molecular weight is 188 g/mol. The smallest absolute Gasteiger partial charge is 0.136 e. The van der Waals surface area contributed by atoms with Crippen LogP contribution in [0.3, 0.4) is 0 Å². The van der Waals surface area contributed by atoms with Crippen LogP contribution in [0.25, 0.3) is 0 Å². The Kier molecular flexibility index (Phi) is 2.18. The number of carbonyl (C=O) groups excluding carboxylic acids is 1. The van der Waals surface area contributed by atoms with E-state index in [-0.39, 0.29) is 11.3 Å². The lowest BCUT2D eigenvalue weighted by molar-refractivity contribution is -0.120. The van der Waals surface area contributed by atoms with Gasteiger partial charge in [0.2, 0.25) is 0 Å². The monoisotopic (exact) mass is 188 g/mol. The van der Waals surface area contributed by atoms with E-state index < -0.39 is 0 Å². The van der Waals surface area contributed by atoms with E-state index in [2.05, 4.69) is 38.1 Å². The van der Waals surface area contributed by atoms with Gasteiger partial charge in [-0.1, -0.05) is 44.2 Å². The van der Waals surface area contributed by atoms with Crippen LogP contribution in [-0.4, -0.2) is 5.78 Å². The molecule has 1 heteroatoms. The van der Waals surface area contributed by atoms with Crippen molar-refractivity contribution in [1.29, 1.82) is 0 Å². The van der Waals surface area contributed by atoms with E-state index in [0.29, 0.717) is 5.78 Å². The molecule has 1 aromatic rings. The van der Waals surface area contributed by atoms with Crippen LogP contribution in [0.4, 0.5) is 0 Å². The Morgan fingerprint density at radius 2 is 1.93 bits per heavy atom. The third-order valence-corrected chi connectivity index (χ3v) is 3.76. The van der Waals surface area contributed by atoms with Gasteiger partial charge in [-0.05, 0) is 12.0 Å². The van der Waals surface area contributed by atoms with E-state index in [1.807, 2.05) is 6.07 Å². The third kappa shape index (κ3) is 1.28. The van der Waals surface area contributed by atoms with Gasteiger partial charge in [-0.2, -0.15) is 0 Å². The van der Waals surface area contributed by atoms with Crippen LogP contribution in [0.5, 0.6) is 0 Å². The zero-order chi connectivity index (χ0) is 10.2. The Morgan fingerprint density at radius 1 is 1.29 bits per heavy atom. The van der Waals surface area contributed by atoms with Crippen LogP contribution in [0.1, 0.15) is 32.3 Å². The maximum absolute atomic E-state index is 11.6. The lowest BCUT2D eigenvalue weighted by Crippen LogP contribution is -2.27. The molecule has 0 saturated heterocycles. The summed E-state index contributed by atoms with van der Waals surface area (Å²) in [7, 11) is 0. The van der Waals surface area contributed by atoms with Crippen LogP contribution in [-0.2, 0) is 10.2 Å². The largest absolute Gasteiger partial charge is 0.299 e. The number of Topliss-reactive ketones (excluding diaryl/α,β-unsaturated/α-hetero) is 1. The fourth-order valence-electron chi connectivity index (χ4n) is 2.38. The highest BCUT2D eigenvalue weighted by Gasteiger charge is 2.42. The average Bonchev–Trinajstić information content (AvgIpc) is 2.49. The lowest BCUT2D eigenvalue weighted by Gasteiger charge is -2.28. The van der Waals surface area contributed by atoms with Gasteiger partial charge in [0.05, 0.1) is 0 Å². The van der Waals surface area contributed by atoms with Crippen molar-refractivity contribution >= 4 is 5.78 Å². The van der Waals surface area contributed by atoms with Gasteiger partial charge in [0.25, 0.3) is 0 Å². The SMILES string of the molecule is C[C@H]1C(=O)CC[C@]1(C)c1ccccc1. The minimum absolute atomic E-state index is 0.0678. The van der Waals surface area contributed by atoms with E-state index >= 15 is 0 Å². The summed E-state index contributed by atoms with van der Waals surface area (Å²) >= 11 is 0. The van der Waals surface area contributed by atoms with Gasteiger partial charge in [-0.3, -0.25) is 4.79 Å². The second kappa shape index (κ2) is 3.23. The number of carbonyl (C=O) groups is 1. The molecule has 1 aliphatic carbocycles. The summed E-state index contributed by atoms with van der Waals surface area (Å²) < 4.78 is 0. The molecular formula is C13H16O. The Hall–Kier alpha value is -1.11. The van der Waals surface area contributed by atoms with Crippen molar-refractivity contribution in [2.24, 2.45) is 5.92 Å². The summed E-state index contributed by atoms with van der Waals surface area (Å²) in [5.41, 5.74) is 1.37. The van der Waals surface area contributed by atoms with Crippen molar-refractivity contribution < 1.29 is 4.79 Å². The molecule has 0 bridgehead atoms. The van der Waals surface area contributed by atoms with Crippen molar-refractivity contribution in [3.63, 3.8) is 0 Å². The van der Waals surface area contributed by atoms with E-state index in [1.165, 1.54) is 5.56 Å². The first-order valence-corrected chi connectivity index (χ1v) is 5.23. The molecule has 1 aliphatic rings. The summed E-state index contributed by atoms with van der Waals surface area (Å²) in [5.74, 6) is 0.584. The second-order valence-electron chi connectivity index (χ2n) is 4.47. The molecule has 1 nitrogen and oxygen atoms in total. The molecule has 0 aromatic heterocycles. The molecule has 1 aromatic carbocycles. The molecule has 0 radical (unpaired) electrons. The van der Waals surface area contributed by atoms with Crippen LogP contribution in [0, 0.1) is 5.92 Å². The maximum atomic E-state index is 11.6. The van der Waals surface area contributed by atoms with E-state index in [4.69, 9.17) is 0 Å². The number of benzene rings is 1. The van der Waals surface area contributed by atoms with Crippen molar-refractivity contribution in [3.8, 4) is 0 Å². The summed E-state index contributed by atoms with van der Waals surface area (Å²) in [4.78, 5) is 11.6. The number of rotatable bonds is 1. The number of ketones is 1. The second-order valence-corrected chi connectivity index (χ2v) is 4.47. The molecule has 2 atom stereocenters. The maximum Gasteiger partial charge on any atom is 0.136 e. The Labute approximate surface area is 85.1 Å². The molecule has 1 saturated carbocycles. The molecule has 0 heterocycles. The van der Waals surface area contributed by atoms with Crippen molar-refractivity contribution in [3.05, 3.63) is 35.9 Å². The highest BCUT2D eigenvalue weighted by atomic mass is 16.1. The van der Waals surface area contributed by atoms with Crippen molar-refractivity contribution in [1.82, 2.24) is 0 Å². The zero-order valence-electron chi connectivity index (χ0n) is 8.79. The molecule has 0 aliphatic heterocycles. The summed E-state index contributed by atoms with van der Waals surface area (Å²) in [5, 5.41) is 0. The molecule has 1 fully saturated rings. The predicted molar refractivity (Wildman–Crippen MR) is 57.2 cm³/mol. The zero-order valence-corrected chi connectivity index (χ0v) is 8.79. The Morgan fingerprint density at radius 3 is 2.43 bits per heavy atom. The Bertz CT molecular complexity index is 342. The first kappa shape index (κ1) is 9.45. The quantitative estimate of drug-likeness (QED) is 0.662. The molecule has 0 unspecified atom stereocenters. The van der Waals surface area contributed by atoms with Crippen LogP contribution >= 0.6 is 0 Å². The first-order valence-electron chi connectivity index (χ1n) is 5.23. The number of hydrogen-bond acceptors (Lipinski definition) is 1. The van der Waals surface area contributed by atoms with Gasteiger partial charge in [0.1, 0.15) is 5.78 Å². The van der Waals surface area contributed by atoms with Gasteiger partial charge in [-0.15, -0.1) is 0 Å². The van der Waals surface area contributed by atoms with E-state index in [1.54, 1.807) is 0 Å². The van der Waals surface area contributed by atoms with Crippen LogP contribution in [0.15, 0.2) is 30.3 Å². The van der Waals surface area contributed by atoms with Gasteiger partial charge in [0.15, 0.2) is 0 Å². The van der Waals surface area contributed by atoms with E-state index in [0.717, 1.165) is 12.8 Å². The summed E-state index contributed by atoms with van der Waals surface area (Å²) in [6.07, 6.45) is 1.74. The summed E-state index contributed by atoms with van der Waals surface area (Å²) in [6, 6.07) is 10.4. The predicted octanol–water partition coefficient (Wildman–Crippen LogP) is 2.94. The standard InChI is InChI=1S/C13H16O/c1-10-12(14)8-9-13(10,2)11-6-4-3-5-7-11/h3-7,10H,8-9H2,1-2H3/t10-,13-/m0/s1. The van der Waals surface area contributed by atoms with Crippen molar-refractivity contribution in [2.45, 2.75) is 32.1 Å². The molecule has 2 rings (SSSR count). The fraction of sp³-hybridized carbons (Fsp3) is 0.462. The molecular weight excluding hydrogens is 172 g/mol. The van der Waals surface area contributed by atoms with Gasteiger partial charge in [-0.25, -0.2) is 0 Å². The molecule has 74 valence electrons. The van der Waals surface area contributed by atoms with Crippen LogP contribution in [0.2, 0.25) is 0 Å². The van der Waals surface area contributed by atoms with Gasteiger partial charge in [0, 0.05) is 17.8 Å². The van der Waals surface area contributed by atoms with Crippen molar-refractivity contribution in [2.75, 3.05) is 0 Å². The first-order chi connectivity index (χ1) is 6.64. The van der Waals surface area contributed by atoms with Gasteiger partial charge >= 0.3 is 0 Å². The molecule has 14 heavy (non-hydrogen) atoms. The minimum Gasteiger partial charge on any atom is -0.299 e. The highest BCUT2D eigenvalue weighted by Crippen LogP contribution is 2.42. The highest BCUT2D eigenvalue weighted by molar-refractivity contribution is 5.85. The molecule has 0 N–H and O–H groups in total. The summed E-state index contributed by atoms with van der Waals surface area (Å²) in [6.45, 7) is 4.26. The van der Waals surface area contributed by atoms with Crippen LogP contribution < -0.4 is 0 Å². The topological polar surface area (TPSA) is 17.1 Å². The van der Waals surface area contributed by atoms with E-state index in [9.17, 15) is 4.79 Å². The third-order valence-electron chi connectivity index (χ3n) is 3.76. The Balaban J connectivity index is 2.39. The normalized spacial score (nSPS) is 32.1. The fourth-order valence-corrected chi connectivity index (χ4v) is 2.38. The molecule has 0 amide bonds. The lowest BCUT2D eigenvalue weighted by atomic mass is 9.75. The number of hydrogen-bond donors (Lipinski definition) is 0. The molecule has 0 spiro atoms.